The van der Waals surface area contributed by atoms with Gasteiger partial charge in [-0.1, -0.05) is 19.3 Å². The summed E-state index contributed by atoms with van der Waals surface area (Å²) in [5.74, 6) is -2.05. The van der Waals surface area contributed by atoms with Crippen LogP contribution in [0.3, 0.4) is 0 Å². The molecule has 1 aromatic heterocycles. The molecule has 8 nitrogen and oxygen atoms in total. The number of hydrogen-bond donors (Lipinski definition) is 4. The molecule has 21 heavy (non-hydrogen) atoms. The Morgan fingerprint density at radius 3 is 2.48 bits per heavy atom. The van der Waals surface area contributed by atoms with Gasteiger partial charge in [-0.3, -0.25) is 14.6 Å². The molecule has 1 aromatic rings. The van der Waals surface area contributed by atoms with Crippen LogP contribution in [0.2, 0.25) is 0 Å². The zero-order chi connectivity index (χ0) is 15.4. The third kappa shape index (κ3) is 3.59. The maximum atomic E-state index is 12.0. The second-order valence-corrected chi connectivity index (χ2v) is 5.17. The first-order valence-corrected chi connectivity index (χ1v) is 6.84. The van der Waals surface area contributed by atoms with E-state index in [0.29, 0.717) is 0 Å². The molecular formula is C13H17N3O5. The fraction of sp³-hybridized carbons (Fsp3) is 0.538. The highest BCUT2D eigenvalue weighted by Gasteiger charge is 2.31. The van der Waals surface area contributed by atoms with Gasteiger partial charge in [0.05, 0.1) is 0 Å². The smallest absolute Gasteiger partial charge is 0.326 e. The molecular weight excluding hydrogens is 278 g/mol. The van der Waals surface area contributed by atoms with E-state index in [0.717, 1.165) is 38.3 Å². The van der Waals surface area contributed by atoms with Crippen molar-refractivity contribution in [3.63, 3.8) is 0 Å². The fourth-order valence-electron chi connectivity index (χ4n) is 2.65. The zero-order valence-electron chi connectivity index (χ0n) is 11.3. The standard InChI is InChI=1S/C13H17N3O5/c17-10(8-6-14-13(21)16-11(8)18)15-9(12(19)20)7-4-2-1-3-5-7/h6-7,9H,1-5H2,(H,15,17)(H,19,20)(H2,14,16,18,21). The van der Waals surface area contributed by atoms with Crippen LogP contribution in [-0.4, -0.2) is 33.0 Å². The van der Waals surface area contributed by atoms with E-state index < -0.39 is 29.2 Å². The summed E-state index contributed by atoms with van der Waals surface area (Å²) in [5, 5.41) is 11.7. The van der Waals surface area contributed by atoms with Gasteiger partial charge in [0.2, 0.25) is 0 Å². The Balaban J connectivity index is 2.16. The molecule has 1 heterocycles. The number of carboxylic acid groups (broad SMARTS) is 1. The van der Waals surface area contributed by atoms with Crippen LogP contribution in [0.25, 0.3) is 0 Å². The van der Waals surface area contributed by atoms with Crippen molar-refractivity contribution in [2.45, 2.75) is 38.1 Å². The van der Waals surface area contributed by atoms with Gasteiger partial charge < -0.3 is 15.4 Å². The van der Waals surface area contributed by atoms with Crippen molar-refractivity contribution in [1.29, 1.82) is 0 Å². The maximum absolute atomic E-state index is 12.0. The fourth-order valence-corrected chi connectivity index (χ4v) is 2.65. The predicted molar refractivity (Wildman–Crippen MR) is 73.1 cm³/mol. The minimum Gasteiger partial charge on any atom is -0.480 e. The zero-order valence-corrected chi connectivity index (χ0v) is 11.3. The molecule has 4 N–H and O–H groups in total. The monoisotopic (exact) mass is 295 g/mol. The number of H-pyrrole nitrogens is 2. The topological polar surface area (TPSA) is 132 Å². The van der Waals surface area contributed by atoms with Crippen LogP contribution in [0.4, 0.5) is 0 Å². The molecule has 114 valence electrons. The van der Waals surface area contributed by atoms with Crippen molar-refractivity contribution in [1.82, 2.24) is 15.3 Å². The van der Waals surface area contributed by atoms with Crippen LogP contribution in [-0.2, 0) is 4.79 Å². The molecule has 0 aliphatic heterocycles. The van der Waals surface area contributed by atoms with Crippen LogP contribution in [0, 0.1) is 5.92 Å². The van der Waals surface area contributed by atoms with Crippen molar-refractivity contribution >= 4 is 11.9 Å². The lowest BCUT2D eigenvalue weighted by molar-refractivity contribution is -0.141. The van der Waals surface area contributed by atoms with Gasteiger partial charge in [-0.2, -0.15) is 0 Å². The number of carboxylic acids is 1. The normalized spacial score (nSPS) is 17.1. The molecule has 1 aliphatic carbocycles. The van der Waals surface area contributed by atoms with Crippen molar-refractivity contribution in [3.05, 3.63) is 32.6 Å². The summed E-state index contributed by atoms with van der Waals surface area (Å²) in [6.07, 6.45) is 5.39. The van der Waals surface area contributed by atoms with Crippen molar-refractivity contribution in [2.24, 2.45) is 5.92 Å². The number of nitrogens with one attached hydrogen (secondary N) is 3. The molecule has 0 aromatic carbocycles. The Morgan fingerprint density at radius 2 is 1.90 bits per heavy atom. The van der Waals surface area contributed by atoms with Gasteiger partial charge in [0, 0.05) is 6.20 Å². The van der Waals surface area contributed by atoms with Crippen molar-refractivity contribution < 1.29 is 14.7 Å². The van der Waals surface area contributed by atoms with Crippen molar-refractivity contribution in [3.8, 4) is 0 Å². The SMILES string of the molecule is O=C(NC(C(=O)O)C1CCCCC1)c1c[nH]c(=O)[nH]c1=O. The molecule has 0 saturated heterocycles. The van der Waals surface area contributed by atoms with E-state index >= 15 is 0 Å². The number of aliphatic carboxylic acids is 1. The quantitative estimate of drug-likeness (QED) is 0.612. The number of carbonyl (C=O) groups excluding carboxylic acids is 1. The first kappa shape index (κ1) is 15.0. The molecule has 8 heteroatoms. The number of aromatic amines is 2. The van der Waals surface area contributed by atoms with Crippen LogP contribution in [0.5, 0.6) is 0 Å². The van der Waals surface area contributed by atoms with Crippen LogP contribution < -0.4 is 16.6 Å². The van der Waals surface area contributed by atoms with Gasteiger partial charge in [0.15, 0.2) is 0 Å². The number of carbonyl (C=O) groups is 2. The Morgan fingerprint density at radius 1 is 1.24 bits per heavy atom. The first-order chi connectivity index (χ1) is 9.99. The first-order valence-electron chi connectivity index (χ1n) is 6.84. The Kier molecular flexibility index (Phi) is 4.56. The highest BCUT2D eigenvalue weighted by Crippen LogP contribution is 2.26. The number of hydrogen-bond acceptors (Lipinski definition) is 4. The molecule has 1 fully saturated rings. The average molecular weight is 295 g/mol. The Hall–Kier alpha value is -2.38. The lowest BCUT2D eigenvalue weighted by Gasteiger charge is -2.27. The molecule has 1 unspecified atom stereocenters. The van der Waals surface area contributed by atoms with Crippen LogP contribution in [0.1, 0.15) is 42.5 Å². The third-order valence-corrected chi connectivity index (χ3v) is 3.74. The van der Waals surface area contributed by atoms with E-state index in [2.05, 4.69) is 10.3 Å². The van der Waals surface area contributed by atoms with Gasteiger partial charge >= 0.3 is 11.7 Å². The average Bonchev–Trinajstić information content (AvgIpc) is 2.45. The summed E-state index contributed by atoms with van der Waals surface area (Å²) in [6, 6.07) is -1.02. The summed E-state index contributed by atoms with van der Waals surface area (Å²) in [5.41, 5.74) is -1.88. The largest absolute Gasteiger partial charge is 0.480 e. The van der Waals surface area contributed by atoms with E-state index in [9.17, 15) is 24.3 Å². The molecule has 1 aliphatic rings. The minimum atomic E-state index is -1.11. The Labute approximate surface area is 119 Å². The summed E-state index contributed by atoms with van der Waals surface area (Å²) in [7, 11) is 0. The lowest BCUT2D eigenvalue weighted by atomic mass is 9.84. The van der Waals surface area contributed by atoms with Crippen LogP contribution in [0.15, 0.2) is 15.8 Å². The molecule has 1 atom stereocenters. The molecule has 1 amide bonds. The second kappa shape index (κ2) is 6.38. The van der Waals surface area contributed by atoms with Gasteiger partial charge in [-0.25, -0.2) is 9.59 Å². The van der Waals surface area contributed by atoms with Gasteiger partial charge in [0.25, 0.3) is 11.5 Å². The summed E-state index contributed by atoms with van der Waals surface area (Å²) in [4.78, 5) is 49.9. The second-order valence-electron chi connectivity index (χ2n) is 5.17. The summed E-state index contributed by atoms with van der Waals surface area (Å²) >= 11 is 0. The van der Waals surface area contributed by atoms with Gasteiger partial charge in [-0.05, 0) is 18.8 Å². The molecule has 1 saturated carbocycles. The number of aromatic nitrogens is 2. The number of amides is 1. The maximum Gasteiger partial charge on any atom is 0.326 e. The highest BCUT2D eigenvalue weighted by atomic mass is 16.4. The Bertz CT molecular complexity index is 642. The lowest BCUT2D eigenvalue weighted by Crippen LogP contribution is -2.48. The third-order valence-electron chi connectivity index (χ3n) is 3.74. The molecule has 0 bridgehead atoms. The molecule has 0 spiro atoms. The van der Waals surface area contributed by atoms with Gasteiger partial charge in [-0.15, -0.1) is 0 Å². The molecule has 2 rings (SSSR count). The molecule has 0 radical (unpaired) electrons. The summed E-state index contributed by atoms with van der Waals surface area (Å²) in [6.45, 7) is 0. The van der Waals surface area contributed by atoms with Gasteiger partial charge in [0.1, 0.15) is 11.6 Å². The van der Waals surface area contributed by atoms with E-state index in [1.807, 2.05) is 4.98 Å². The number of rotatable bonds is 4. The minimum absolute atomic E-state index is 0.137. The van der Waals surface area contributed by atoms with E-state index in [1.165, 1.54) is 0 Å². The summed E-state index contributed by atoms with van der Waals surface area (Å²) < 4.78 is 0. The van der Waals surface area contributed by atoms with E-state index in [-0.39, 0.29) is 11.5 Å². The van der Waals surface area contributed by atoms with Crippen LogP contribution >= 0.6 is 0 Å². The van der Waals surface area contributed by atoms with Crippen molar-refractivity contribution in [2.75, 3.05) is 0 Å². The van der Waals surface area contributed by atoms with E-state index in [4.69, 9.17) is 0 Å². The highest BCUT2D eigenvalue weighted by molar-refractivity contribution is 5.96. The van der Waals surface area contributed by atoms with E-state index in [1.54, 1.807) is 0 Å². The predicted octanol–water partition coefficient (Wildman–Crippen LogP) is -0.174.